The predicted octanol–water partition coefficient (Wildman–Crippen LogP) is 2.54. The van der Waals surface area contributed by atoms with Crippen LogP contribution in [0.2, 0.25) is 0 Å². The fourth-order valence-electron chi connectivity index (χ4n) is 1.99. The molecule has 0 atom stereocenters. The van der Waals surface area contributed by atoms with Gasteiger partial charge in [-0.1, -0.05) is 24.3 Å². The summed E-state index contributed by atoms with van der Waals surface area (Å²) in [5, 5.41) is 0. The van der Waals surface area contributed by atoms with Gasteiger partial charge in [-0.25, -0.2) is 0 Å². The highest BCUT2D eigenvalue weighted by atomic mass is 16.5. The fraction of sp³-hybridized carbons (Fsp3) is 0.267. The molecule has 2 aromatic rings. The Morgan fingerprint density at radius 3 is 2.78 bits per heavy atom. The van der Waals surface area contributed by atoms with E-state index in [1.165, 1.54) is 5.56 Å². The minimum absolute atomic E-state index is 0.0341. The Kier molecular flexibility index (Phi) is 3.95. The second kappa shape index (κ2) is 5.65. The molecule has 0 radical (unpaired) electrons. The molecule has 3 nitrogen and oxygen atoms in total. The zero-order valence-electron chi connectivity index (χ0n) is 10.7. The maximum Gasteiger partial charge on any atom is 0.250 e. The molecular weight excluding hydrogens is 226 g/mol. The molecule has 3 heteroatoms. The molecule has 0 spiro atoms. The Balaban J connectivity index is 2.43. The van der Waals surface area contributed by atoms with E-state index >= 15 is 0 Å². The quantitative estimate of drug-likeness (QED) is 0.896. The van der Waals surface area contributed by atoms with Crippen LogP contribution in [0.1, 0.15) is 11.1 Å². The monoisotopic (exact) mass is 243 g/mol. The first-order valence-corrected chi connectivity index (χ1v) is 5.99. The zero-order chi connectivity index (χ0) is 13.0. The van der Waals surface area contributed by atoms with Crippen molar-refractivity contribution >= 4 is 0 Å². The van der Waals surface area contributed by atoms with Crippen molar-refractivity contribution in [1.82, 2.24) is 4.98 Å². The number of hydrogen-bond acceptors (Lipinski definition) is 2. The fourth-order valence-corrected chi connectivity index (χ4v) is 1.99. The second-order valence-electron chi connectivity index (χ2n) is 4.30. The summed E-state index contributed by atoms with van der Waals surface area (Å²) in [5.41, 5.74) is 4.11. The molecule has 94 valence electrons. The highest BCUT2D eigenvalue weighted by Gasteiger charge is 2.05. The molecule has 18 heavy (non-hydrogen) atoms. The minimum atomic E-state index is -0.0341. The molecule has 0 bridgehead atoms. The summed E-state index contributed by atoms with van der Waals surface area (Å²) in [6.07, 6.45) is 2.63. The zero-order valence-corrected chi connectivity index (χ0v) is 10.7. The molecule has 0 amide bonds. The van der Waals surface area contributed by atoms with E-state index < -0.39 is 0 Å². The van der Waals surface area contributed by atoms with Crippen LogP contribution in [0.3, 0.4) is 0 Å². The van der Waals surface area contributed by atoms with Gasteiger partial charge in [-0.2, -0.15) is 0 Å². The number of nitrogens with one attached hydrogen (secondary N) is 1. The molecule has 1 aromatic heterocycles. The van der Waals surface area contributed by atoms with E-state index in [0.717, 1.165) is 23.1 Å². The molecule has 1 N–H and O–H groups in total. The van der Waals surface area contributed by atoms with E-state index in [2.05, 4.69) is 17.1 Å². The van der Waals surface area contributed by atoms with E-state index in [0.29, 0.717) is 6.61 Å². The highest BCUT2D eigenvalue weighted by Crippen LogP contribution is 2.23. The standard InChI is InChI=1S/C15H17NO2/c1-11-9-13(10-16-15(11)17)14-6-4-3-5-12(14)7-8-18-2/h3-6,9-10H,7-8H2,1-2H3,(H,16,17). The first-order chi connectivity index (χ1) is 8.72. The highest BCUT2D eigenvalue weighted by molar-refractivity contribution is 5.67. The van der Waals surface area contributed by atoms with Gasteiger partial charge in [0.05, 0.1) is 6.61 Å². The van der Waals surface area contributed by atoms with Crippen LogP contribution in [-0.4, -0.2) is 18.7 Å². The number of benzene rings is 1. The van der Waals surface area contributed by atoms with Gasteiger partial charge in [0.2, 0.25) is 0 Å². The maximum absolute atomic E-state index is 11.4. The first-order valence-electron chi connectivity index (χ1n) is 5.99. The van der Waals surface area contributed by atoms with Gasteiger partial charge in [0, 0.05) is 18.9 Å². The number of pyridine rings is 1. The van der Waals surface area contributed by atoms with Gasteiger partial charge in [-0.15, -0.1) is 0 Å². The van der Waals surface area contributed by atoms with Crippen molar-refractivity contribution in [3.05, 3.63) is 58.0 Å². The normalized spacial score (nSPS) is 10.6. The van der Waals surface area contributed by atoms with Gasteiger partial charge in [0.25, 0.3) is 5.56 Å². The lowest BCUT2D eigenvalue weighted by Crippen LogP contribution is -2.08. The Morgan fingerprint density at radius 2 is 2.06 bits per heavy atom. The van der Waals surface area contributed by atoms with E-state index in [-0.39, 0.29) is 5.56 Å². The Morgan fingerprint density at radius 1 is 1.28 bits per heavy atom. The number of rotatable bonds is 4. The van der Waals surface area contributed by atoms with E-state index in [1.807, 2.05) is 25.1 Å². The Hall–Kier alpha value is -1.87. The Bertz CT molecular complexity index is 587. The second-order valence-corrected chi connectivity index (χ2v) is 4.30. The lowest BCUT2D eigenvalue weighted by Gasteiger charge is -2.09. The SMILES string of the molecule is COCCc1ccccc1-c1c[nH]c(=O)c(C)c1. The van der Waals surface area contributed by atoms with Gasteiger partial charge in [-0.3, -0.25) is 4.79 Å². The lowest BCUT2D eigenvalue weighted by molar-refractivity contribution is 0.202. The van der Waals surface area contributed by atoms with Crippen LogP contribution in [0.4, 0.5) is 0 Å². The van der Waals surface area contributed by atoms with Crippen LogP contribution in [0.15, 0.2) is 41.3 Å². The molecular formula is C15H17NO2. The van der Waals surface area contributed by atoms with Crippen molar-refractivity contribution in [3.63, 3.8) is 0 Å². The van der Waals surface area contributed by atoms with Gasteiger partial charge < -0.3 is 9.72 Å². The molecule has 2 rings (SSSR count). The van der Waals surface area contributed by atoms with Crippen molar-refractivity contribution < 1.29 is 4.74 Å². The molecule has 1 aromatic carbocycles. The summed E-state index contributed by atoms with van der Waals surface area (Å²) in [6, 6.07) is 10.1. The molecule has 0 aliphatic carbocycles. The number of aromatic nitrogens is 1. The van der Waals surface area contributed by atoms with Crippen molar-refractivity contribution in [1.29, 1.82) is 0 Å². The van der Waals surface area contributed by atoms with Gasteiger partial charge in [0.1, 0.15) is 0 Å². The van der Waals surface area contributed by atoms with Crippen molar-refractivity contribution in [2.75, 3.05) is 13.7 Å². The number of H-pyrrole nitrogens is 1. The average molecular weight is 243 g/mol. The maximum atomic E-state index is 11.4. The number of aryl methyl sites for hydroxylation is 1. The Labute approximate surface area is 106 Å². The third-order valence-electron chi connectivity index (χ3n) is 2.99. The summed E-state index contributed by atoms with van der Waals surface area (Å²) in [4.78, 5) is 14.1. The summed E-state index contributed by atoms with van der Waals surface area (Å²) in [7, 11) is 1.70. The third kappa shape index (κ3) is 2.68. The average Bonchev–Trinajstić information content (AvgIpc) is 2.40. The van der Waals surface area contributed by atoms with Crippen LogP contribution in [-0.2, 0) is 11.2 Å². The van der Waals surface area contributed by atoms with Gasteiger partial charge >= 0.3 is 0 Å². The van der Waals surface area contributed by atoms with Crippen LogP contribution in [0.25, 0.3) is 11.1 Å². The van der Waals surface area contributed by atoms with E-state index in [1.54, 1.807) is 13.3 Å². The topological polar surface area (TPSA) is 42.1 Å². The van der Waals surface area contributed by atoms with Crippen LogP contribution < -0.4 is 5.56 Å². The minimum Gasteiger partial charge on any atom is -0.384 e. The van der Waals surface area contributed by atoms with Crippen molar-refractivity contribution in [2.45, 2.75) is 13.3 Å². The number of hydrogen-bond donors (Lipinski definition) is 1. The number of aromatic amines is 1. The molecule has 0 unspecified atom stereocenters. The van der Waals surface area contributed by atoms with Crippen LogP contribution >= 0.6 is 0 Å². The molecule has 0 aliphatic rings. The summed E-state index contributed by atoms with van der Waals surface area (Å²) >= 11 is 0. The molecule has 1 heterocycles. The lowest BCUT2D eigenvalue weighted by atomic mass is 9.98. The van der Waals surface area contributed by atoms with Gasteiger partial charge in [0.15, 0.2) is 0 Å². The van der Waals surface area contributed by atoms with E-state index in [9.17, 15) is 4.79 Å². The van der Waals surface area contributed by atoms with Crippen LogP contribution in [0.5, 0.6) is 0 Å². The molecule has 0 fully saturated rings. The largest absolute Gasteiger partial charge is 0.384 e. The first kappa shape index (κ1) is 12.6. The molecule has 0 aliphatic heterocycles. The van der Waals surface area contributed by atoms with E-state index in [4.69, 9.17) is 4.74 Å². The molecule has 0 saturated heterocycles. The van der Waals surface area contributed by atoms with Crippen molar-refractivity contribution in [3.8, 4) is 11.1 Å². The van der Waals surface area contributed by atoms with Crippen LogP contribution in [0, 0.1) is 6.92 Å². The predicted molar refractivity (Wildman–Crippen MR) is 72.8 cm³/mol. The number of methoxy groups -OCH3 is 1. The smallest absolute Gasteiger partial charge is 0.250 e. The summed E-state index contributed by atoms with van der Waals surface area (Å²) < 4.78 is 5.12. The summed E-state index contributed by atoms with van der Waals surface area (Å²) in [5.74, 6) is 0. The van der Waals surface area contributed by atoms with Gasteiger partial charge in [-0.05, 0) is 36.1 Å². The number of ether oxygens (including phenoxy) is 1. The summed E-state index contributed by atoms with van der Waals surface area (Å²) in [6.45, 7) is 2.51. The molecule has 0 saturated carbocycles. The van der Waals surface area contributed by atoms with Crippen molar-refractivity contribution in [2.24, 2.45) is 0 Å². The third-order valence-corrected chi connectivity index (χ3v) is 2.99.